The Morgan fingerprint density at radius 2 is 2.20 bits per heavy atom. The molecule has 1 heterocycles. The fraction of sp³-hybridized carbons (Fsp3) is 0.182. The molecule has 0 amide bonds. The average molecular weight is 287 g/mol. The van der Waals surface area contributed by atoms with Gasteiger partial charge in [-0.3, -0.25) is 0 Å². The molecule has 0 radical (unpaired) electrons. The van der Waals surface area contributed by atoms with Crippen LogP contribution < -0.4 is 0 Å². The molecule has 2 rings (SSSR count). The first-order valence-electron chi connectivity index (χ1n) is 4.44. The molecule has 0 aliphatic rings. The Morgan fingerprint density at radius 3 is 2.93 bits per heavy atom. The lowest BCUT2D eigenvalue weighted by molar-refractivity contribution is 0.185. The van der Waals surface area contributed by atoms with E-state index in [0.29, 0.717) is 11.8 Å². The van der Waals surface area contributed by atoms with Crippen LogP contribution in [0.1, 0.15) is 5.56 Å². The van der Waals surface area contributed by atoms with Crippen molar-refractivity contribution in [2.24, 2.45) is 0 Å². The molecule has 0 saturated heterocycles. The van der Waals surface area contributed by atoms with Gasteiger partial charge in [0, 0.05) is 22.5 Å². The third kappa shape index (κ3) is 2.30. The Hall–Kier alpha value is -0.640. The number of hydrogen-bond acceptors (Lipinski definition) is 2. The van der Waals surface area contributed by atoms with Gasteiger partial charge in [-0.05, 0) is 18.2 Å². The van der Waals surface area contributed by atoms with E-state index in [0.717, 1.165) is 20.9 Å². The van der Waals surface area contributed by atoms with Crippen molar-refractivity contribution < 1.29 is 4.74 Å². The predicted molar refractivity (Wildman–Crippen MR) is 65.2 cm³/mol. The number of fused-ring (bicyclic) bond motifs is 1. The predicted octanol–water partition coefficient (Wildman–Crippen LogP) is 3.80. The fourth-order valence-corrected chi connectivity index (χ4v) is 1.97. The van der Waals surface area contributed by atoms with Crippen LogP contribution in [0.4, 0.5) is 0 Å². The van der Waals surface area contributed by atoms with Gasteiger partial charge in [-0.2, -0.15) is 0 Å². The van der Waals surface area contributed by atoms with E-state index in [9.17, 15) is 0 Å². The second kappa shape index (κ2) is 4.47. The maximum absolute atomic E-state index is 6.03. The summed E-state index contributed by atoms with van der Waals surface area (Å²) in [7, 11) is 1.64. The summed E-state index contributed by atoms with van der Waals surface area (Å²) in [6.45, 7) is 0.484. The summed E-state index contributed by atoms with van der Waals surface area (Å²) in [4.78, 5) is 4.31. The molecule has 0 unspecified atom stereocenters. The number of pyridine rings is 1. The third-order valence-electron chi connectivity index (χ3n) is 2.11. The number of ether oxygens (including phenoxy) is 1. The summed E-state index contributed by atoms with van der Waals surface area (Å²) in [5, 5.41) is 1.57. The van der Waals surface area contributed by atoms with Crippen molar-refractivity contribution in [3.05, 3.63) is 39.5 Å². The van der Waals surface area contributed by atoms with Crippen LogP contribution in [0.2, 0.25) is 5.15 Å². The Kier molecular flexibility index (Phi) is 3.24. The first-order chi connectivity index (χ1) is 7.20. The fourth-order valence-electron chi connectivity index (χ4n) is 1.42. The Balaban J connectivity index is 2.60. The molecule has 1 aromatic heterocycles. The number of rotatable bonds is 2. The lowest BCUT2D eigenvalue weighted by atomic mass is 10.2. The standard InChI is InChI=1S/C11H9BrClNO/c1-15-6-8-4-7-2-3-9(12)5-10(7)14-11(8)13/h2-5H,6H2,1H3. The smallest absolute Gasteiger partial charge is 0.135 e. The highest BCUT2D eigenvalue weighted by atomic mass is 79.9. The average Bonchev–Trinajstić information content (AvgIpc) is 2.20. The summed E-state index contributed by atoms with van der Waals surface area (Å²) < 4.78 is 6.05. The molecule has 0 aliphatic heterocycles. The van der Waals surface area contributed by atoms with E-state index >= 15 is 0 Å². The van der Waals surface area contributed by atoms with Crippen molar-refractivity contribution in [2.75, 3.05) is 7.11 Å². The van der Waals surface area contributed by atoms with Crippen LogP contribution in [0.3, 0.4) is 0 Å². The minimum Gasteiger partial charge on any atom is -0.380 e. The van der Waals surface area contributed by atoms with E-state index in [1.165, 1.54) is 0 Å². The summed E-state index contributed by atoms with van der Waals surface area (Å²) in [5.41, 5.74) is 1.79. The number of hydrogen-bond donors (Lipinski definition) is 0. The van der Waals surface area contributed by atoms with Gasteiger partial charge < -0.3 is 4.74 Å². The van der Waals surface area contributed by atoms with E-state index in [1.54, 1.807) is 7.11 Å². The molecule has 0 bridgehead atoms. The Labute approximate surface area is 101 Å². The molecule has 0 aliphatic carbocycles. The Morgan fingerprint density at radius 1 is 1.40 bits per heavy atom. The van der Waals surface area contributed by atoms with Crippen molar-refractivity contribution in [3.8, 4) is 0 Å². The molecule has 0 spiro atoms. The van der Waals surface area contributed by atoms with Crippen LogP contribution in [0.25, 0.3) is 10.9 Å². The normalized spacial score (nSPS) is 10.9. The summed E-state index contributed by atoms with van der Waals surface area (Å²) in [6, 6.07) is 7.93. The summed E-state index contributed by atoms with van der Waals surface area (Å²) in [5.74, 6) is 0. The van der Waals surface area contributed by atoms with Gasteiger partial charge in [0.25, 0.3) is 0 Å². The molecule has 15 heavy (non-hydrogen) atoms. The van der Waals surface area contributed by atoms with Crippen LogP contribution in [-0.2, 0) is 11.3 Å². The van der Waals surface area contributed by atoms with E-state index in [1.807, 2.05) is 24.3 Å². The van der Waals surface area contributed by atoms with Gasteiger partial charge in [-0.25, -0.2) is 4.98 Å². The van der Waals surface area contributed by atoms with Crippen LogP contribution in [0.5, 0.6) is 0 Å². The second-order valence-corrected chi connectivity index (χ2v) is 4.48. The molecule has 0 saturated carbocycles. The number of nitrogens with zero attached hydrogens (tertiary/aromatic N) is 1. The van der Waals surface area contributed by atoms with E-state index < -0.39 is 0 Å². The van der Waals surface area contributed by atoms with E-state index in [2.05, 4.69) is 20.9 Å². The minimum atomic E-state index is 0.484. The first-order valence-corrected chi connectivity index (χ1v) is 5.61. The van der Waals surface area contributed by atoms with Crippen LogP contribution in [-0.4, -0.2) is 12.1 Å². The third-order valence-corrected chi connectivity index (χ3v) is 2.93. The highest BCUT2D eigenvalue weighted by molar-refractivity contribution is 9.10. The molecule has 78 valence electrons. The highest BCUT2D eigenvalue weighted by Gasteiger charge is 2.04. The zero-order valence-electron chi connectivity index (χ0n) is 8.13. The lowest BCUT2D eigenvalue weighted by Crippen LogP contribution is -1.92. The summed E-state index contributed by atoms with van der Waals surface area (Å²) >= 11 is 9.43. The monoisotopic (exact) mass is 285 g/mol. The van der Waals surface area contributed by atoms with Crippen LogP contribution in [0, 0.1) is 0 Å². The van der Waals surface area contributed by atoms with Crippen molar-refractivity contribution in [1.29, 1.82) is 0 Å². The van der Waals surface area contributed by atoms with Crippen molar-refractivity contribution >= 4 is 38.4 Å². The van der Waals surface area contributed by atoms with Gasteiger partial charge in [0.1, 0.15) is 5.15 Å². The first kappa shape index (κ1) is 10.9. The van der Waals surface area contributed by atoms with Gasteiger partial charge in [-0.1, -0.05) is 33.6 Å². The number of methoxy groups -OCH3 is 1. The van der Waals surface area contributed by atoms with Crippen molar-refractivity contribution in [3.63, 3.8) is 0 Å². The molecule has 0 fully saturated rings. The van der Waals surface area contributed by atoms with Crippen LogP contribution in [0.15, 0.2) is 28.7 Å². The quantitative estimate of drug-likeness (QED) is 0.784. The van der Waals surface area contributed by atoms with Crippen molar-refractivity contribution in [2.45, 2.75) is 6.61 Å². The lowest BCUT2D eigenvalue weighted by Gasteiger charge is -2.05. The largest absolute Gasteiger partial charge is 0.380 e. The SMILES string of the molecule is COCc1cc2ccc(Br)cc2nc1Cl. The van der Waals surface area contributed by atoms with Gasteiger partial charge in [0.05, 0.1) is 12.1 Å². The number of aromatic nitrogens is 1. The van der Waals surface area contributed by atoms with Gasteiger partial charge >= 0.3 is 0 Å². The molecule has 0 atom stereocenters. The zero-order chi connectivity index (χ0) is 10.8. The highest BCUT2D eigenvalue weighted by Crippen LogP contribution is 2.23. The van der Waals surface area contributed by atoms with E-state index in [-0.39, 0.29) is 0 Å². The van der Waals surface area contributed by atoms with Gasteiger partial charge in [-0.15, -0.1) is 0 Å². The number of benzene rings is 1. The molecular weight excluding hydrogens is 277 g/mol. The zero-order valence-corrected chi connectivity index (χ0v) is 10.5. The molecular formula is C11H9BrClNO. The molecule has 0 N–H and O–H groups in total. The van der Waals surface area contributed by atoms with E-state index in [4.69, 9.17) is 16.3 Å². The number of halogens is 2. The second-order valence-electron chi connectivity index (χ2n) is 3.21. The molecule has 2 nitrogen and oxygen atoms in total. The molecule has 2 aromatic rings. The Bertz CT molecular complexity index is 501. The maximum atomic E-state index is 6.03. The van der Waals surface area contributed by atoms with Crippen LogP contribution >= 0.6 is 27.5 Å². The van der Waals surface area contributed by atoms with Crippen molar-refractivity contribution in [1.82, 2.24) is 4.98 Å². The maximum Gasteiger partial charge on any atom is 0.135 e. The topological polar surface area (TPSA) is 22.1 Å². The van der Waals surface area contributed by atoms with Gasteiger partial charge in [0.15, 0.2) is 0 Å². The molecule has 1 aromatic carbocycles. The molecule has 4 heteroatoms. The summed E-state index contributed by atoms with van der Waals surface area (Å²) in [6.07, 6.45) is 0. The van der Waals surface area contributed by atoms with Gasteiger partial charge in [0.2, 0.25) is 0 Å². The minimum absolute atomic E-state index is 0.484.